The maximum Gasteiger partial charge on any atom is 0.188 e. The Morgan fingerprint density at radius 2 is 2.10 bits per heavy atom. The van der Waals surface area contributed by atoms with Crippen LogP contribution in [0.3, 0.4) is 0 Å². The maximum absolute atomic E-state index is 8.89. The van der Waals surface area contributed by atoms with Crippen molar-refractivity contribution in [3.8, 4) is 17.6 Å². The molecule has 104 valence electrons. The third-order valence-electron chi connectivity index (χ3n) is 2.39. The Balaban J connectivity index is 2.87. The van der Waals surface area contributed by atoms with Crippen LogP contribution >= 0.6 is 0 Å². The molecule has 20 heavy (non-hydrogen) atoms. The number of hydrogen-bond donors (Lipinski definition) is 0. The molecule has 0 unspecified atom stereocenters. The van der Waals surface area contributed by atoms with E-state index in [1.165, 1.54) is 7.11 Å². The van der Waals surface area contributed by atoms with Crippen LogP contribution in [0.4, 0.5) is 0 Å². The SMILES string of the molecule is C=C/C=C(\C=C)COc1ccc(C#N)cc1OCOC. The van der Waals surface area contributed by atoms with E-state index in [1.54, 1.807) is 30.4 Å². The van der Waals surface area contributed by atoms with Crippen molar-refractivity contribution >= 4 is 0 Å². The summed E-state index contributed by atoms with van der Waals surface area (Å²) in [7, 11) is 1.53. The standard InChI is InChI=1S/C16H17NO3/c1-4-6-13(5-2)11-19-15-8-7-14(10-17)9-16(15)20-12-18-3/h4-9H,1-2,11-12H2,3H3/b13-6+. The van der Waals surface area contributed by atoms with Crippen molar-refractivity contribution in [1.82, 2.24) is 0 Å². The van der Waals surface area contributed by atoms with E-state index in [0.717, 1.165) is 5.57 Å². The summed E-state index contributed by atoms with van der Waals surface area (Å²) >= 11 is 0. The van der Waals surface area contributed by atoms with Gasteiger partial charge in [-0.1, -0.05) is 31.4 Å². The molecule has 4 nitrogen and oxygen atoms in total. The lowest BCUT2D eigenvalue weighted by Gasteiger charge is -2.12. The van der Waals surface area contributed by atoms with Crippen molar-refractivity contribution in [3.05, 3.63) is 60.7 Å². The Morgan fingerprint density at radius 1 is 1.30 bits per heavy atom. The van der Waals surface area contributed by atoms with E-state index in [2.05, 4.69) is 19.2 Å². The van der Waals surface area contributed by atoms with Gasteiger partial charge in [-0.3, -0.25) is 0 Å². The lowest BCUT2D eigenvalue weighted by molar-refractivity contribution is 0.0488. The highest BCUT2D eigenvalue weighted by Gasteiger charge is 2.07. The fourth-order valence-electron chi connectivity index (χ4n) is 1.42. The summed E-state index contributed by atoms with van der Waals surface area (Å²) in [4.78, 5) is 0. The van der Waals surface area contributed by atoms with Gasteiger partial charge in [0.1, 0.15) is 6.61 Å². The Labute approximate surface area is 119 Å². The average Bonchev–Trinajstić information content (AvgIpc) is 2.49. The van der Waals surface area contributed by atoms with E-state index in [4.69, 9.17) is 19.5 Å². The smallest absolute Gasteiger partial charge is 0.188 e. The molecule has 0 heterocycles. The molecular weight excluding hydrogens is 254 g/mol. The van der Waals surface area contributed by atoms with Gasteiger partial charge in [0.05, 0.1) is 11.6 Å². The molecule has 1 aromatic rings. The molecule has 0 bridgehead atoms. The van der Waals surface area contributed by atoms with Crippen LogP contribution in [0.1, 0.15) is 5.56 Å². The molecule has 0 aliphatic carbocycles. The van der Waals surface area contributed by atoms with E-state index >= 15 is 0 Å². The first kappa shape index (κ1) is 15.5. The van der Waals surface area contributed by atoms with Crippen molar-refractivity contribution in [2.45, 2.75) is 0 Å². The molecule has 0 saturated heterocycles. The zero-order chi connectivity index (χ0) is 14.8. The summed E-state index contributed by atoms with van der Waals surface area (Å²) < 4.78 is 15.9. The van der Waals surface area contributed by atoms with Crippen LogP contribution in [-0.2, 0) is 4.74 Å². The van der Waals surface area contributed by atoms with E-state index in [9.17, 15) is 0 Å². The van der Waals surface area contributed by atoms with Crippen LogP contribution in [0.15, 0.2) is 55.2 Å². The molecule has 0 amide bonds. The lowest BCUT2D eigenvalue weighted by Crippen LogP contribution is -2.04. The maximum atomic E-state index is 8.89. The topological polar surface area (TPSA) is 51.5 Å². The fraction of sp³-hybridized carbons (Fsp3) is 0.188. The second-order valence-electron chi connectivity index (χ2n) is 3.79. The van der Waals surface area contributed by atoms with Gasteiger partial charge in [0.2, 0.25) is 0 Å². The Morgan fingerprint density at radius 3 is 2.70 bits per heavy atom. The van der Waals surface area contributed by atoms with Crippen LogP contribution in [0.2, 0.25) is 0 Å². The van der Waals surface area contributed by atoms with Crippen molar-refractivity contribution in [2.75, 3.05) is 20.5 Å². The molecule has 0 spiro atoms. The number of nitriles is 1. The summed E-state index contributed by atoms with van der Waals surface area (Å²) in [6, 6.07) is 7.02. The zero-order valence-electron chi connectivity index (χ0n) is 11.5. The van der Waals surface area contributed by atoms with Gasteiger partial charge < -0.3 is 14.2 Å². The van der Waals surface area contributed by atoms with E-state index in [0.29, 0.717) is 23.7 Å². The molecule has 1 rings (SSSR count). The molecule has 0 radical (unpaired) electrons. The molecule has 0 saturated carbocycles. The summed E-state index contributed by atoms with van der Waals surface area (Å²) in [5.74, 6) is 1.01. The van der Waals surface area contributed by atoms with Crippen LogP contribution in [0.5, 0.6) is 11.5 Å². The molecule has 0 aromatic heterocycles. The zero-order valence-corrected chi connectivity index (χ0v) is 11.5. The van der Waals surface area contributed by atoms with Gasteiger partial charge in [0, 0.05) is 13.2 Å². The second kappa shape index (κ2) is 8.57. The molecule has 0 atom stereocenters. The van der Waals surface area contributed by atoms with Crippen LogP contribution in [-0.4, -0.2) is 20.5 Å². The number of allylic oxidation sites excluding steroid dienone is 2. The first-order valence-electron chi connectivity index (χ1n) is 5.97. The molecule has 0 aliphatic heterocycles. The quantitative estimate of drug-likeness (QED) is 0.538. The third-order valence-corrected chi connectivity index (χ3v) is 2.39. The van der Waals surface area contributed by atoms with Gasteiger partial charge in [-0.25, -0.2) is 0 Å². The van der Waals surface area contributed by atoms with E-state index < -0.39 is 0 Å². The highest BCUT2D eigenvalue weighted by molar-refractivity contribution is 5.47. The third kappa shape index (κ3) is 4.63. The molecule has 1 aromatic carbocycles. The Hall–Kier alpha value is -2.51. The van der Waals surface area contributed by atoms with Gasteiger partial charge in [-0.15, -0.1) is 0 Å². The normalized spacial score (nSPS) is 10.5. The highest BCUT2D eigenvalue weighted by atomic mass is 16.7. The average molecular weight is 271 g/mol. The number of methoxy groups -OCH3 is 1. The first-order chi connectivity index (χ1) is 9.74. The van der Waals surface area contributed by atoms with Gasteiger partial charge in [0.15, 0.2) is 18.3 Å². The lowest BCUT2D eigenvalue weighted by atomic mass is 10.2. The van der Waals surface area contributed by atoms with Gasteiger partial charge >= 0.3 is 0 Å². The van der Waals surface area contributed by atoms with Gasteiger partial charge in [0.25, 0.3) is 0 Å². The van der Waals surface area contributed by atoms with Crippen LogP contribution in [0, 0.1) is 11.3 Å². The molecule has 0 fully saturated rings. The van der Waals surface area contributed by atoms with Crippen molar-refractivity contribution in [2.24, 2.45) is 0 Å². The first-order valence-corrected chi connectivity index (χ1v) is 5.97. The van der Waals surface area contributed by atoms with E-state index in [1.807, 2.05) is 6.08 Å². The van der Waals surface area contributed by atoms with Crippen molar-refractivity contribution < 1.29 is 14.2 Å². The summed E-state index contributed by atoms with van der Waals surface area (Å²) in [5, 5.41) is 8.89. The summed E-state index contributed by atoms with van der Waals surface area (Å²) in [5.41, 5.74) is 1.39. The van der Waals surface area contributed by atoms with Gasteiger partial charge in [-0.2, -0.15) is 5.26 Å². The largest absolute Gasteiger partial charge is 0.485 e. The molecular formula is C16H17NO3. The van der Waals surface area contributed by atoms with E-state index in [-0.39, 0.29) is 6.79 Å². The number of rotatable bonds is 8. The fourth-order valence-corrected chi connectivity index (χ4v) is 1.42. The molecule has 0 aliphatic rings. The minimum absolute atomic E-state index is 0.0854. The predicted octanol–water partition coefficient (Wildman–Crippen LogP) is 3.22. The molecule has 4 heteroatoms. The number of nitrogens with zero attached hydrogens (tertiary/aromatic N) is 1. The highest BCUT2D eigenvalue weighted by Crippen LogP contribution is 2.28. The molecule has 0 N–H and O–H groups in total. The number of hydrogen-bond acceptors (Lipinski definition) is 4. The second-order valence-corrected chi connectivity index (χ2v) is 3.79. The summed E-state index contributed by atoms with van der Waals surface area (Å²) in [6.45, 7) is 7.75. The number of ether oxygens (including phenoxy) is 3. The number of benzene rings is 1. The van der Waals surface area contributed by atoms with Crippen molar-refractivity contribution in [3.63, 3.8) is 0 Å². The van der Waals surface area contributed by atoms with Crippen LogP contribution < -0.4 is 9.47 Å². The minimum atomic E-state index is 0.0854. The summed E-state index contributed by atoms with van der Waals surface area (Å²) in [6.07, 6.45) is 5.18. The monoisotopic (exact) mass is 271 g/mol. The van der Waals surface area contributed by atoms with Crippen molar-refractivity contribution in [1.29, 1.82) is 5.26 Å². The van der Waals surface area contributed by atoms with Gasteiger partial charge in [-0.05, 0) is 17.7 Å². The minimum Gasteiger partial charge on any atom is -0.485 e. The van der Waals surface area contributed by atoms with Crippen LogP contribution in [0.25, 0.3) is 0 Å². The Bertz CT molecular complexity index is 541. The Kier molecular flexibility index (Phi) is 6.66. The predicted molar refractivity (Wildman–Crippen MR) is 77.6 cm³/mol.